The van der Waals surface area contributed by atoms with E-state index in [-0.39, 0.29) is 0 Å². The van der Waals surface area contributed by atoms with Gasteiger partial charge in [-0.05, 0) is 31.2 Å². The molecule has 0 aromatic heterocycles. The van der Waals surface area contributed by atoms with Crippen LogP contribution in [0.3, 0.4) is 0 Å². The highest BCUT2D eigenvalue weighted by Gasteiger charge is 2.01. The Kier molecular flexibility index (Phi) is 5.90. The molecule has 1 atom stereocenters. The van der Waals surface area contributed by atoms with Gasteiger partial charge < -0.3 is 14.8 Å². The van der Waals surface area contributed by atoms with E-state index in [0.717, 1.165) is 17.9 Å². The molecule has 1 unspecified atom stereocenters. The summed E-state index contributed by atoms with van der Waals surface area (Å²) in [6.07, 6.45) is 0. The zero-order valence-electron chi connectivity index (χ0n) is 10.3. The molecule has 1 N–H and O–H groups in total. The number of hydrogen-bond acceptors (Lipinski definition) is 3. The van der Waals surface area contributed by atoms with E-state index in [1.807, 2.05) is 24.3 Å². The van der Waals surface area contributed by atoms with E-state index in [1.165, 1.54) is 0 Å². The number of rotatable bonds is 7. The van der Waals surface area contributed by atoms with Crippen LogP contribution in [0.25, 0.3) is 0 Å². The van der Waals surface area contributed by atoms with Crippen LogP contribution in [-0.2, 0) is 11.3 Å². The molecule has 3 heteroatoms. The average Bonchev–Trinajstić information content (AvgIpc) is 2.28. The van der Waals surface area contributed by atoms with E-state index in [9.17, 15) is 0 Å². The Morgan fingerprint density at radius 3 is 2.88 bits per heavy atom. The number of hydrogen-bond donors (Lipinski definition) is 1. The lowest BCUT2D eigenvalue weighted by atomic mass is 10.2. The summed E-state index contributed by atoms with van der Waals surface area (Å²) in [5.41, 5.74) is 1.14. The fraction of sp³-hybridized carbons (Fsp3) is 0.538. The van der Waals surface area contributed by atoms with Crippen molar-refractivity contribution in [3.8, 4) is 5.75 Å². The molecule has 0 aliphatic heterocycles. The lowest BCUT2D eigenvalue weighted by Crippen LogP contribution is -2.31. The Hall–Kier alpha value is -1.06. The minimum Gasteiger partial charge on any atom is -0.492 e. The second-order valence-corrected chi connectivity index (χ2v) is 3.85. The first-order valence-corrected chi connectivity index (χ1v) is 5.70. The van der Waals surface area contributed by atoms with Crippen LogP contribution in [0, 0.1) is 0 Å². The molecule has 0 spiro atoms. The molecule has 0 saturated heterocycles. The van der Waals surface area contributed by atoms with Crippen molar-refractivity contribution < 1.29 is 9.47 Å². The molecule has 0 heterocycles. The number of likely N-dealkylation sites (N-methyl/N-ethyl adjacent to an activating group) is 1. The Balaban J connectivity index is 2.44. The van der Waals surface area contributed by atoms with E-state index in [4.69, 9.17) is 9.47 Å². The van der Waals surface area contributed by atoms with Gasteiger partial charge in [0.15, 0.2) is 0 Å². The largest absolute Gasteiger partial charge is 0.492 e. The van der Waals surface area contributed by atoms with Crippen molar-refractivity contribution in [2.24, 2.45) is 0 Å². The topological polar surface area (TPSA) is 30.5 Å². The van der Waals surface area contributed by atoms with Crippen LogP contribution in [0.2, 0.25) is 0 Å². The lowest BCUT2D eigenvalue weighted by Gasteiger charge is -2.14. The molecule has 3 nitrogen and oxygen atoms in total. The summed E-state index contributed by atoms with van der Waals surface area (Å²) in [7, 11) is 1.70. The molecule has 1 rings (SSSR count). The summed E-state index contributed by atoms with van der Waals surface area (Å²) in [5, 5.41) is 3.31. The summed E-state index contributed by atoms with van der Waals surface area (Å²) < 4.78 is 10.8. The van der Waals surface area contributed by atoms with Gasteiger partial charge in [-0.25, -0.2) is 0 Å². The highest BCUT2D eigenvalue weighted by molar-refractivity contribution is 5.28. The molecule has 1 aromatic carbocycles. The van der Waals surface area contributed by atoms with E-state index in [2.05, 4.69) is 19.2 Å². The van der Waals surface area contributed by atoms with Gasteiger partial charge in [0.05, 0.1) is 6.61 Å². The van der Waals surface area contributed by atoms with Crippen LogP contribution in [0.1, 0.15) is 19.4 Å². The van der Waals surface area contributed by atoms with E-state index < -0.39 is 0 Å². The summed E-state index contributed by atoms with van der Waals surface area (Å²) in [6.45, 7) is 6.48. The fourth-order valence-corrected chi connectivity index (χ4v) is 1.52. The third-order valence-electron chi connectivity index (χ3n) is 2.26. The zero-order valence-corrected chi connectivity index (χ0v) is 10.3. The average molecular weight is 223 g/mol. The summed E-state index contributed by atoms with van der Waals surface area (Å²) in [4.78, 5) is 0. The number of ether oxygens (including phenoxy) is 2. The number of benzene rings is 1. The Bertz CT molecular complexity index is 302. The second-order valence-electron chi connectivity index (χ2n) is 3.85. The highest BCUT2D eigenvalue weighted by atomic mass is 16.5. The molecule has 0 radical (unpaired) electrons. The van der Waals surface area contributed by atoms with Crippen molar-refractivity contribution in [1.29, 1.82) is 0 Å². The zero-order chi connectivity index (χ0) is 11.8. The van der Waals surface area contributed by atoms with Gasteiger partial charge in [0.1, 0.15) is 12.4 Å². The first-order valence-electron chi connectivity index (χ1n) is 5.70. The normalized spacial score (nSPS) is 12.4. The van der Waals surface area contributed by atoms with Crippen molar-refractivity contribution in [2.75, 3.05) is 20.3 Å². The van der Waals surface area contributed by atoms with Crippen molar-refractivity contribution in [3.63, 3.8) is 0 Å². The van der Waals surface area contributed by atoms with Gasteiger partial charge in [0.2, 0.25) is 0 Å². The minimum absolute atomic E-state index is 0.371. The molecule has 16 heavy (non-hydrogen) atoms. The van der Waals surface area contributed by atoms with Gasteiger partial charge in [-0.2, -0.15) is 0 Å². The first kappa shape index (κ1) is 13.0. The molecular formula is C13H21NO2. The maximum Gasteiger partial charge on any atom is 0.119 e. The predicted octanol–water partition coefficient (Wildman–Crippen LogP) is 2.21. The van der Waals surface area contributed by atoms with E-state index in [0.29, 0.717) is 19.3 Å². The molecule has 0 saturated carbocycles. The standard InChI is InChI=1S/C13H21NO2/c1-4-14-11(2)9-16-13-7-5-6-12(8-13)10-15-3/h5-8,11,14H,4,9-10H2,1-3H3. The molecule has 0 amide bonds. The van der Waals surface area contributed by atoms with Crippen molar-refractivity contribution in [1.82, 2.24) is 5.32 Å². The van der Waals surface area contributed by atoms with E-state index in [1.54, 1.807) is 7.11 Å². The van der Waals surface area contributed by atoms with Crippen LogP contribution in [0.5, 0.6) is 5.75 Å². The van der Waals surface area contributed by atoms with Crippen LogP contribution < -0.4 is 10.1 Å². The molecule has 0 bridgehead atoms. The third-order valence-corrected chi connectivity index (χ3v) is 2.26. The predicted molar refractivity (Wildman–Crippen MR) is 65.8 cm³/mol. The molecule has 0 aliphatic rings. The van der Waals surface area contributed by atoms with Crippen LogP contribution in [0.4, 0.5) is 0 Å². The van der Waals surface area contributed by atoms with Crippen molar-refractivity contribution in [3.05, 3.63) is 29.8 Å². The molecule has 0 aliphatic carbocycles. The molecular weight excluding hydrogens is 202 g/mol. The minimum atomic E-state index is 0.371. The van der Waals surface area contributed by atoms with Crippen LogP contribution >= 0.6 is 0 Å². The van der Waals surface area contributed by atoms with Gasteiger partial charge in [-0.1, -0.05) is 19.1 Å². The number of methoxy groups -OCH3 is 1. The summed E-state index contributed by atoms with van der Waals surface area (Å²) in [6, 6.07) is 8.38. The third kappa shape index (κ3) is 4.64. The monoisotopic (exact) mass is 223 g/mol. The van der Waals surface area contributed by atoms with Crippen LogP contribution in [-0.4, -0.2) is 26.3 Å². The second kappa shape index (κ2) is 7.25. The van der Waals surface area contributed by atoms with E-state index >= 15 is 0 Å². The number of nitrogens with one attached hydrogen (secondary N) is 1. The maximum atomic E-state index is 5.69. The van der Waals surface area contributed by atoms with Gasteiger partial charge in [0, 0.05) is 13.2 Å². The van der Waals surface area contributed by atoms with Crippen molar-refractivity contribution >= 4 is 0 Å². The molecule has 0 fully saturated rings. The quantitative estimate of drug-likeness (QED) is 0.768. The Morgan fingerprint density at radius 2 is 2.19 bits per heavy atom. The SMILES string of the molecule is CCNC(C)COc1cccc(COC)c1. The summed E-state index contributed by atoms with van der Waals surface area (Å²) >= 11 is 0. The first-order chi connectivity index (χ1) is 7.76. The van der Waals surface area contributed by atoms with Gasteiger partial charge in [0.25, 0.3) is 0 Å². The Labute approximate surface area is 97.8 Å². The summed E-state index contributed by atoms with van der Waals surface area (Å²) in [5.74, 6) is 0.902. The van der Waals surface area contributed by atoms with Crippen LogP contribution in [0.15, 0.2) is 24.3 Å². The van der Waals surface area contributed by atoms with Gasteiger partial charge in [-0.3, -0.25) is 0 Å². The van der Waals surface area contributed by atoms with Gasteiger partial charge >= 0.3 is 0 Å². The molecule has 90 valence electrons. The van der Waals surface area contributed by atoms with Crippen molar-refractivity contribution in [2.45, 2.75) is 26.5 Å². The van der Waals surface area contributed by atoms with Gasteiger partial charge in [-0.15, -0.1) is 0 Å². The highest BCUT2D eigenvalue weighted by Crippen LogP contribution is 2.14. The maximum absolute atomic E-state index is 5.69. The fourth-order valence-electron chi connectivity index (χ4n) is 1.52. The smallest absolute Gasteiger partial charge is 0.119 e. The Morgan fingerprint density at radius 1 is 1.38 bits per heavy atom. The molecule has 1 aromatic rings. The lowest BCUT2D eigenvalue weighted by molar-refractivity contribution is 0.184.